The molecule has 13 heteroatoms. The summed E-state index contributed by atoms with van der Waals surface area (Å²) in [7, 11) is 0. The largest absolute Gasteiger partial charge is 0.489 e. The average Bonchev–Trinajstić information content (AvgIpc) is 3.65. The van der Waals surface area contributed by atoms with Crippen molar-refractivity contribution in [2.24, 2.45) is 0 Å². The van der Waals surface area contributed by atoms with Gasteiger partial charge in [0.1, 0.15) is 30.6 Å². The number of nitrogens with one attached hydrogen (secondary N) is 1. The molecule has 0 spiro atoms. The number of aromatic nitrogens is 1. The van der Waals surface area contributed by atoms with Crippen LogP contribution in [0, 0.1) is 20.8 Å². The molecule has 2 aliphatic heterocycles. The van der Waals surface area contributed by atoms with Gasteiger partial charge in [0, 0.05) is 42.4 Å². The van der Waals surface area contributed by atoms with Gasteiger partial charge >= 0.3 is 0 Å². The molecule has 5 aromatic carbocycles. The monoisotopic (exact) mass is 897 g/mol. The van der Waals surface area contributed by atoms with E-state index in [1.54, 1.807) is 17.0 Å². The minimum absolute atomic E-state index is 0.185. The molecular weight excluding hydrogens is 853 g/mol. The molecule has 0 saturated heterocycles. The quantitative estimate of drug-likeness (QED) is 0.128. The summed E-state index contributed by atoms with van der Waals surface area (Å²) in [6.07, 6.45) is 2.40. The number of aryl methyl sites for hydroxylation is 2. The van der Waals surface area contributed by atoms with Crippen LogP contribution in [-0.4, -0.2) is 52.5 Å². The van der Waals surface area contributed by atoms with Crippen LogP contribution < -0.4 is 19.5 Å². The molecule has 9 rings (SSSR count). The molecule has 64 heavy (non-hydrogen) atoms. The first-order valence-corrected chi connectivity index (χ1v) is 21.5. The van der Waals surface area contributed by atoms with Gasteiger partial charge in [0.25, 0.3) is 12.4 Å². The predicted molar refractivity (Wildman–Crippen MR) is 245 cm³/mol. The van der Waals surface area contributed by atoms with E-state index in [1.165, 1.54) is 0 Å². The molecule has 0 radical (unpaired) electrons. The Morgan fingerprint density at radius 1 is 0.875 bits per heavy atom. The van der Waals surface area contributed by atoms with Gasteiger partial charge in [0.05, 0.1) is 10.0 Å². The number of amides is 2. The zero-order valence-corrected chi connectivity index (χ0v) is 36.9. The normalized spacial score (nSPS) is 15.1. The van der Waals surface area contributed by atoms with Crippen molar-refractivity contribution < 1.29 is 38.1 Å². The van der Waals surface area contributed by atoms with E-state index < -0.39 is 6.04 Å². The third-order valence-corrected chi connectivity index (χ3v) is 12.5. The van der Waals surface area contributed by atoms with Crippen molar-refractivity contribution in [3.8, 4) is 28.4 Å². The Kier molecular flexibility index (Phi) is 13.2. The maximum atomic E-state index is 14.5. The van der Waals surface area contributed by atoms with Gasteiger partial charge in [-0.15, -0.1) is 0 Å². The number of halogens is 2. The van der Waals surface area contributed by atoms with E-state index in [0.29, 0.717) is 65.5 Å². The molecule has 2 aromatic heterocycles. The summed E-state index contributed by atoms with van der Waals surface area (Å²) in [6, 6.07) is 34.2. The number of para-hydroxylation sites is 1. The lowest BCUT2D eigenvalue weighted by Crippen LogP contribution is -2.53. The molecule has 2 unspecified atom stereocenters. The summed E-state index contributed by atoms with van der Waals surface area (Å²) in [5.41, 5.74) is 10.5. The molecular formula is C51H45Cl2N3O8. The van der Waals surface area contributed by atoms with Crippen LogP contribution in [0.5, 0.6) is 17.2 Å². The van der Waals surface area contributed by atoms with Gasteiger partial charge in [-0.05, 0) is 120 Å². The van der Waals surface area contributed by atoms with E-state index in [0.717, 1.165) is 61.2 Å². The number of fused-ring (bicyclic) bond motifs is 3. The molecule has 0 bridgehead atoms. The second-order valence-corrected chi connectivity index (χ2v) is 16.5. The van der Waals surface area contributed by atoms with Crippen molar-refractivity contribution in [1.29, 1.82) is 0 Å². The van der Waals surface area contributed by atoms with Gasteiger partial charge in [-0.3, -0.25) is 19.4 Å². The third kappa shape index (κ3) is 9.41. The molecule has 2 atom stereocenters. The number of hydrogen-bond donors (Lipinski definition) is 2. The summed E-state index contributed by atoms with van der Waals surface area (Å²) < 4.78 is 24.9. The van der Waals surface area contributed by atoms with Crippen LogP contribution in [0.2, 0.25) is 10.0 Å². The maximum Gasteiger partial charge on any atom is 0.290 e. The number of carbonyl (C=O) groups is 3. The number of pyridine rings is 1. The van der Waals surface area contributed by atoms with Crippen LogP contribution in [0.4, 0.5) is 0 Å². The molecule has 4 heterocycles. The highest BCUT2D eigenvalue weighted by molar-refractivity contribution is 6.42. The van der Waals surface area contributed by atoms with Crippen LogP contribution in [0.15, 0.2) is 120 Å². The molecule has 0 fully saturated rings. The zero-order valence-electron chi connectivity index (χ0n) is 35.4. The Bertz CT molecular complexity index is 2840. The third-order valence-electron chi connectivity index (χ3n) is 11.7. The summed E-state index contributed by atoms with van der Waals surface area (Å²) in [4.78, 5) is 43.0. The number of ether oxygens (including phenoxy) is 3. The minimum atomic E-state index is -0.777. The van der Waals surface area contributed by atoms with Crippen molar-refractivity contribution in [1.82, 2.24) is 15.2 Å². The minimum Gasteiger partial charge on any atom is -0.489 e. The Morgan fingerprint density at radius 2 is 1.61 bits per heavy atom. The van der Waals surface area contributed by atoms with Gasteiger partial charge in [-0.2, -0.15) is 0 Å². The summed E-state index contributed by atoms with van der Waals surface area (Å²) >= 11 is 12.2. The molecule has 0 saturated carbocycles. The van der Waals surface area contributed by atoms with E-state index in [9.17, 15) is 9.59 Å². The van der Waals surface area contributed by atoms with E-state index in [1.807, 2.05) is 92.8 Å². The predicted octanol–water partition coefficient (Wildman–Crippen LogP) is 10.4. The Labute approximate surface area is 380 Å². The molecule has 2 amide bonds. The lowest BCUT2D eigenvalue weighted by Gasteiger charge is -2.37. The number of furan rings is 1. The molecule has 7 aromatic rings. The lowest BCUT2D eigenvalue weighted by atomic mass is 9.92. The molecule has 11 nitrogen and oxygen atoms in total. The van der Waals surface area contributed by atoms with Crippen molar-refractivity contribution >= 4 is 52.5 Å². The molecule has 326 valence electrons. The van der Waals surface area contributed by atoms with Crippen LogP contribution >= 0.6 is 23.2 Å². The van der Waals surface area contributed by atoms with Crippen molar-refractivity contribution in [2.45, 2.75) is 58.9 Å². The highest BCUT2D eigenvalue weighted by Crippen LogP contribution is 2.41. The lowest BCUT2D eigenvalue weighted by molar-refractivity contribution is -0.126. The zero-order chi connectivity index (χ0) is 44.9. The fourth-order valence-corrected chi connectivity index (χ4v) is 8.42. The smallest absolute Gasteiger partial charge is 0.290 e. The van der Waals surface area contributed by atoms with Crippen LogP contribution in [-0.2, 0) is 35.6 Å². The number of carboxylic acid groups (broad SMARTS) is 1. The average molecular weight is 899 g/mol. The number of rotatable bonds is 10. The van der Waals surface area contributed by atoms with Gasteiger partial charge in [-0.1, -0.05) is 83.9 Å². The maximum absolute atomic E-state index is 14.5. The fraction of sp³-hybridized carbons (Fsp3) is 0.216. The second-order valence-electron chi connectivity index (χ2n) is 15.7. The topological polar surface area (TPSA) is 140 Å². The Morgan fingerprint density at radius 3 is 2.36 bits per heavy atom. The van der Waals surface area contributed by atoms with Gasteiger partial charge in [0.2, 0.25) is 5.91 Å². The Hall–Kier alpha value is -6.82. The summed E-state index contributed by atoms with van der Waals surface area (Å²) in [6.45, 7) is 6.97. The van der Waals surface area contributed by atoms with Crippen LogP contribution in [0.25, 0.3) is 22.1 Å². The highest BCUT2D eigenvalue weighted by Gasteiger charge is 2.38. The highest BCUT2D eigenvalue weighted by atomic mass is 35.5. The van der Waals surface area contributed by atoms with Crippen molar-refractivity contribution in [3.05, 3.63) is 176 Å². The van der Waals surface area contributed by atoms with E-state index in [4.69, 9.17) is 51.7 Å². The SMILES string of the molecule is Cc1nccc(-c2ccc(CCNC(=O)C3Cc4cc5c(cc4CN3C(=O)c3oc4ccccc4c3C)OC(c3ccc(OCc4ccc(Cl)c(Cl)c4)cc3)CO5)cc2)c1C.O=CO. The first-order valence-electron chi connectivity index (χ1n) is 20.8. The van der Waals surface area contributed by atoms with Gasteiger partial charge < -0.3 is 34.0 Å². The first kappa shape index (κ1) is 43.8. The second kappa shape index (κ2) is 19.3. The first-order chi connectivity index (χ1) is 31.0. The van der Waals surface area contributed by atoms with Crippen LogP contribution in [0.3, 0.4) is 0 Å². The summed E-state index contributed by atoms with van der Waals surface area (Å²) in [5, 5.41) is 11.9. The number of benzene rings is 5. The van der Waals surface area contributed by atoms with Crippen molar-refractivity contribution in [3.63, 3.8) is 0 Å². The van der Waals surface area contributed by atoms with Crippen molar-refractivity contribution in [2.75, 3.05) is 13.2 Å². The standard InChI is InChI=1S/C50H43Cl2N3O6.CH2O2/c1-29-31(3)53-21-19-39(29)34-11-8-32(9-12-34)18-20-54-49(56)43-23-36-24-45-46(25-37(36)26-55(43)50(57)48-30(2)40-6-4-5-7-44(40)61-48)60-47(28-59-45)35-13-15-38(16-14-35)58-27-33-10-17-41(51)42(52)22-33;2-1-3/h4-17,19,21-22,24-25,43,47H,18,20,23,26-28H2,1-3H3,(H,54,56);1H,(H,2,3). The summed E-state index contributed by atoms with van der Waals surface area (Å²) in [5.74, 6) is 1.53. The fourth-order valence-electron chi connectivity index (χ4n) is 8.10. The van der Waals surface area contributed by atoms with Gasteiger partial charge in [0.15, 0.2) is 23.4 Å². The van der Waals surface area contributed by atoms with E-state index >= 15 is 0 Å². The van der Waals surface area contributed by atoms with E-state index in [-0.39, 0.29) is 36.7 Å². The van der Waals surface area contributed by atoms with Crippen LogP contribution in [0.1, 0.15) is 61.3 Å². The number of nitrogens with zero attached hydrogens (tertiary/aromatic N) is 2. The van der Waals surface area contributed by atoms with E-state index in [2.05, 4.69) is 41.5 Å². The molecule has 2 N–H and O–H groups in total. The van der Waals surface area contributed by atoms with Gasteiger partial charge in [-0.25, -0.2) is 0 Å². The molecule has 0 aliphatic carbocycles. The Balaban J connectivity index is 0.00000182. The number of hydrogen-bond acceptors (Lipinski definition) is 8. The number of carbonyl (C=O) groups excluding carboxylic acids is 2. The molecule has 2 aliphatic rings.